The number of carbonyl (C=O) groups excluding carboxylic acids is 3. The van der Waals surface area contributed by atoms with Gasteiger partial charge in [0.15, 0.2) is 11.4 Å². The van der Waals surface area contributed by atoms with Gasteiger partial charge in [-0.1, -0.05) is 6.92 Å². The van der Waals surface area contributed by atoms with E-state index in [4.69, 9.17) is 5.73 Å². The Morgan fingerprint density at radius 2 is 1.73 bits per heavy atom. The van der Waals surface area contributed by atoms with Gasteiger partial charge in [-0.25, -0.2) is 0 Å². The fourth-order valence-corrected chi connectivity index (χ4v) is 6.78. The van der Waals surface area contributed by atoms with E-state index in [0.29, 0.717) is 12.1 Å². The highest BCUT2D eigenvalue weighted by Gasteiger charge is 2.64. The summed E-state index contributed by atoms with van der Waals surface area (Å²) in [7, 11) is 8.92. The summed E-state index contributed by atoms with van der Waals surface area (Å²) in [4.78, 5) is 45.1. The van der Waals surface area contributed by atoms with Gasteiger partial charge in [0.1, 0.15) is 22.8 Å². The summed E-state index contributed by atoms with van der Waals surface area (Å²) in [6.45, 7) is 6.90. The molecule has 1 amide bonds. The molecule has 11 nitrogen and oxygen atoms in total. The van der Waals surface area contributed by atoms with E-state index in [-0.39, 0.29) is 35.3 Å². The van der Waals surface area contributed by atoms with Crippen molar-refractivity contribution in [2.75, 3.05) is 40.1 Å². The zero-order valence-electron chi connectivity index (χ0n) is 25.1. The van der Waals surface area contributed by atoms with Crippen molar-refractivity contribution in [2.45, 2.75) is 63.8 Å². The van der Waals surface area contributed by atoms with Gasteiger partial charge >= 0.3 is 0 Å². The van der Waals surface area contributed by atoms with Crippen molar-refractivity contribution in [1.82, 2.24) is 9.80 Å². The first-order chi connectivity index (χ1) is 18.9. The number of nitrogens with two attached hydrogens (primary N) is 1. The summed E-state index contributed by atoms with van der Waals surface area (Å²) < 4.78 is 0. The van der Waals surface area contributed by atoms with E-state index < -0.39 is 58.0 Å². The van der Waals surface area contributed by atoms with E-state index in [2.05, 4.69) is 25.7 Å². The third-order valence-corrected chi connectivity index (χ3v) is 9.53. The van der Waals surface area contributed by atoms with Crippen LogP contribution in [0.15, 0.2) is 23.0 Å². The number of benzene rings is 1. The van der Waals surface area contributed by atoms with Crippen LogP contribution in [-0.4, -0.2) is 100 Å². The number of hydrogen-bond donors (Lipinski definition) is 5. The normalized spacial score (nSPS) is 26.4. The predicted molar refractivity (Wildman–Crippen MR) is 154 cm³/mol. The molecule has 1 saturated carbocycles. The molecule has 4 atom stereocenters. The average Bonchev–Trinajstić information content (AvgIpc) is 2.85. The van der Waals surface area contributed by atoms with E-state index in [9.17, 15) is 34.8 Å². The number of likely N-dealkylation sites (N-methyl/N-ethyl adjacent to an activating group) is 1. The number of phenols is 1. The Kier molecular flexibility index (Phi) is 7.56. The molecule has 0 saturated heterocycles. The standard InChI is InChI=1S/C30H42N4O7/c1-9-29(2,3)34(8)13-15-12-18(35)20-16(22(15)32(4)5)10-14-11-17-23(33(6)7)25(37)21(28(31)40)27(39)30(17,41)26(38)19(14)24(20)36/h12,14,17,23,35-36,39,41H,9-11,13H2,1-8H3,(H2,31,40)/t14-,17-,23-,30-/m0/s1. The van der Waals surface area contributed by atoms with Gasteiger partial charge in [-0.15, -0.1) is 0 Å². The average molecular weight is 571 g/mol. The molecule has 3 aliphatic rings. The summed E-state index contributed by atoms with van der Waals surface area (Å²) in [6, 6.07) is 0.466. The van der Waals surface area contributed by atoms with E-state index >= 15 is 0 Å². The van der Waals surface area contributed by atoms with Crippen LogP contribution in [0.4, 0.5) is 5.69 Å². The molecule has 0 heterocycles. The van der Waals surface area contributed by atoms with E-state index in [1.54, 1.807) is 20.2 Å². The van der Waals surface area contributed by atoms with Crippen LogP contribution in [0.3, 0.4) is 0 Å². The van der Waals surface area contributed by atoms with Gasteiger partial charge in [0.2, 0.25) is 5.78 Å². The van der Waals surface area contributed by atoms with Gasteiger partial charge < -0.3 is 31.1 Å². The Balaban J connectivity index is 1.94. The number of aromatic hydroxyl groups is 1. The van der Waals surface area contributed by atoms with Crippen molar-refractivity contribution in [3.63, 3.8) is 0 Å². The Bertz CT molecular complexity index is 1390. The highest BCUT2D eigenvalue weighted by atomic mass is 16.3. The fraction of sp³-hybridized carbons (Fsp3) is 0.567. The Labute approximate surface area is 240 Å². The predicted octanol–water partition coefficient (Wildman–Crippen LogP) is 1.65. The van der Waals surface area contributed by atoms with Gasteiger partial charge in [-0.3, -0.25) is 24.2 Å². The SMILES string of the molecule is CCC(C)(C)N(C)Cc1cc(O)c2c(c1N(C)C)C[C@H]1C[C@H]3[C@H](N(C)C)C(=O)C(C(N)=O)=C(O)[C@@]3(O)C(=O)C1=C2O. The molecular formula is C30H42N4O7. The summed E-state index contributed by atoms with van der Waals surface area (Å²) in [5.74, 6) is -6.59. The third-order valence-electron chi connectivity index (χ3n) is 9.53. The van der Waals surface area contributed by atoms with Crippen LogP contribution in [0, 0.1) is 11.8 Å². The van der Waals surface area contributed by atoms with Crippen LogP contribution in [0.2, 0.25) is 0 Å². The number of amides is 1. The molecule has 41 heavy (non-hydrogen) atoms. The monoisotopic (exact) mass is 570 g/mol. The molecule has 0 bridgehead atoms. The Morgan fingerprint density at radius 1 is 1.12 bits per heavy atom. The number of nitrogens with zero attached hydrogens (tertiary/aromatic N) is 3. The minimum absolute atomic E-state index is 0.0480. The van der Waals surface area contributed by atoms with Crippen LogP contribution in [0.25, 0.3) is 5.76 Å². The van der Waals surface area contributed by atoms with Crippen LogP contribution in [0.1, 0.15) is 50.3 Å². The number of fused-ring (bicyclic) bond motifs is 3. The van der Waals surface area contributed by atoms with Crippen LogP contribution >= 0.6 is 0 Å². The molecule has 1 aromatic rings. The van der Waals surface area contributed by atoms with Crippen LogP contribution in [-0.2, 0) is 27.3 Å². The lowest BCUT2D eigenvalue weighted by Gasteiger charge is -2.50. The molecule has 1 aromatic carbocycles. The number of Topliss-reactive ketones (excluding diaryl/α,β-unsaturated/α-hetero) is 2. The van der Waals surface area contributed by atoms with Crippen molar-refractivity contribution < 1.29 is 34.8 Å². The number of primary amides is 1. The lowest BCUT2D eigenvalue weighted by molar-refractivity contribution is -0.153. The molecule has 0 aromatic heterocycles. The Morgan fingerprint density at radius 3 is 2.24 bits per heavy atom. The fourth-order valence-electron chi connectivity index (χ4n) is 6.78. The molecule has 0 unspecified atom stereocenters. The van der Waals surface area contributed by atoms with E-state index in [1.807, 2.05) is 26.0 Å². The molecule has 0 aliphatic heterocycles. The first kappa shape index (κ1) is 30.5. The minimum Gasteiger partial charge on any atom is -0.508 e. The number of hydrogen-bond acceptors (Lipinski definition) is 10. The molecule has 0 spiro atoms. The second-order valence-electron chi connectivity index (χ2n) is 12.6. The second-order valence-corrected chi connectivity index (χ2v) is 12.6. The number of ketones is 2. The zero-order chi connectivity index (χ0) is 30.9. The third kappa shape index (κ3) is 4.41. The molecule has 224 valence electrons. The topological polar surface area (TPSA) is 168 Å². The van der Waals surface area contributed by atoms with E-state index in [1.165, 1.54) is 4.90 Å². The van der Waals surface area contributed by atoms with Gasteiger partial charge in [0.25, 0.3) is 5.91 Å². The lowest BCUT2D eigenvalue weighted by atomic mass is 9.57. The summed E-state index contributed by atoms with van der Waals surface area (Å²) in [5, 5.41) is 45.5. The molecule has 11 heteroatoms. The van der Waals surface area contributed by atoms with Gasteiger partial charge in [-0.2, -0.15) is 0 Å². The van der Waals surface area contributed by atoms with Gasteiger partial charge in [-0.05, 0) is 77.4 Å². The number of carbonyl (C=O) groups is 3. The first-order valence-corrected chi connectivity index (χ1v) is 13.8. The summed E-state index contributed by atoms with van der Waals surface area (Å²) >= 11 is 0. The van der Waals surface area contributed by atoms with Gasteiger partial charge in [0, 0.05) is 43.4 Å². The number of aliphatic hydroxyl groups is 3. The number of phenolic OH excluding ortho intramolecular Hbond substituents is 1. The van der Waals surface area contributed by atoms with Crippen molar-refractivity contribution in [3.8, 4) is 5.75 Å². The zero-order valence-corrected chi connectivity index (χ0v) is 25.1. The highest BCUT2D eigenvalue weighted by molar-refractivity contribution is 6.24. The second kappa shape index (κ2) is 10.1. The Hall–Kier alpha value is -3.41. The summed E-state index contributed by atoms with van der Waals surface area (Å²) in [6.07, 6.45) is 1.19. The van der Waals surface area contributed by atoms with Gasteiger partial charge in [0.05, 0.1) is 11.6 Å². The van der Waals surface area contributed by atoms with Crippen LogP contribution < -0.4 is 10.6 Å². The maximum Gasteiger partial charge on any atom is 0.255 e. The minimum atomic E-state index is -2.65. The molecule has 3 aliphatic carbocycles. The highest BCUT2D eigenvalue weighted by Crippen LogP contribution is 2.54. The van der Waals surface area contributed by atoms with Crippen molar-refractivity contribution in [2.24, 2.45) is 17.6 Å². The number of aliphatic hydroxyl groups excluding tert-OH is 2. The van der Waals surface area contributed by atoms with Crippen LogP contribution in [0.5, 0.6) is 5.75 Å². The smallest absolute Gasteiger partial charge is 0.255 e. The number of rotatable bonds is 7. The largest absolute Gasteiger partial charge is 0.508 e. The lowest BCUT2D eigenvalue weighted by Crippen LogP contribution is -2.65. The summed E-state index contributed by atoms with van der Waals surface area (Å²) in [5.41, 5.74) is 4.02. The molecule has 1 fully saturated rings. The number of anilines is 1. The van der Waals surface area contributed by atoms with Crippen molar-refractivity contribution in [1.29, 1.82) is 0 Å². The molecule has 6 N–H and O–H groups in total. The molecular weight excluding hydrogens is 528 g/mol. The molecule has 4 rings (SSSR count). The maximum atomic E-state index is 14.0. The van der Waals surface area contributed by atoms with E-state index in [0.717, 1.165) is 17.7 Å². The molecule has 0 radical (unpaired) electrons. The quantitative estimate of drug-likeness (QED) is 0.304. The van der Waals surface area contributed by atoms with Crippen molar-refractivity contribution >= 4 is 28.9 Å². The maximum absolute atomic E-state index is 14.0. The first-order valence-electron chi connectivity index (χ1n) is 13.8. The van der Waals surface area contributed by atoms with Crippen molar-refractivity contribution in [3.05, 3.63) is 39.7 Å².